The molecule has 1 rings (SSSR count). The van der Waals surface area contributed by atoms with Crippen molar-refractivity contribution in [3.63, 3.8) is 0 Å². The fraction of sp³-hybridized carbons (Fsp3) is 0.583. The number of hydrogen-bond donors (Lipinski definition) is 1. The Labute approximate surface area is 114 Å². The lowest BCUT2D eigenvalue weighted by molar-refractivity contribution is 0.136. The molecule has 0 aromatic carbocycles. The number of aliphatic hydroxyl groups is 1. The molecule has 1 aromatic heterocycles. The van der Waals surface area contributed by atoms with Crippen molar-refractivity contribution < 1.29 is 5.11 Å². The molecule has 90 valence electrons. The van der Waals surface area contributed by atoms with Gasteiger partial charge >= 0.3 is 0 Å². The molecule has 0 spiro atoms. The van der Waals surface area contributed by atoms with Crippen molar-refractivity contribution in [2.75, 3.05) is 0 Å². The first-order valence-corrected chi connectivity index (χ1v) is 7.16. The fourth-order valence-corrected chi connectivity index (χ4v) is 2.97. The predicted molar refractivity (Wildman–Crippen MR) is 73.3 cm³/mol. The van der Waals surface area contributed by atoms with E-state index in [0.29, 0.717) is 5.92 Å². The van der Waals surface area contributed by atoms with Gasteiger partial charge in [-0.3, -0.25) is 4.98 Å². The largest absolute Gasteiger partial charge is 0.387 e. The number of aliphatic hydroxyl groups excluding tert-OH is 1. The summed E-state index contributed by atoms with van der Waals surface area (Å²) >= 11 is 6.78. The summed E-state index contributed by atoms with van der Waals surface area (Å²) in [5.41, 5.74) is 0.732. The Morgan fingerprint density at radius 3 is 2.44 bits per heavy atom. The second-order valence-corrected chi connectivity index (χ2v) is 5.72. The molecule has 1 aromatic rings. The molecular weight excluding hydrogens is 334 g/mol. The van der Waals surface area contributed by atoms with Crippen molar-refractivity contribution in [2.45, 2.75) is 39.2 Å². The van der Waals surface area contributed by atoms with Gasteiger partial charge in [0.15, 0.2) is 0 Å². The smallest absolute Gasteiger partial charge is 0.0973 e. The van der Waals surface area contributed by atoms with E-state index in [1.165, 1.54) is 0 Å². The van der Waals surface area contributed by atoms with E-state index in [4.69, 9.17) is 0 Å². The molecule has 0 saturated heterocycles. The van der Waals surface area contributed by atoms with Crippen LogP contribution in [0.5, 0.6) is 0 Å². The van der Waals surface area contributed by atoms with Gasteiger partial charge in [-0.2, -0.15) is 0 Å². The van der Waals surface area contributed by atoms with Gasteiger partial charge in [-0.15, -0.1) is 0 Å². The van der Waals surface area contributed by atoms with Gasteiger partial charge in [0.2, 0.25) is 0 Å². The number of pyridine rings is 1. The standard InChI is InChI=1S/C12H17Br2NO/c1-3-8(4-2)5-11(16)12-10(14)6-9(13)7-15-12/h6-8,11,16H,3-5H2,1-2H3. The molecule has 1 heterocycles. The molecule has 0 amide bonds. The van der Waals surface area contributed by atoms with Crippen LogP contribution < -0.4 is 0 Å². The molecule has 2 nitrogen and oxygen atoms in total. The first-order valence-electron chi connectivity index (χ1n) is 5.57. The van der Waals surface area contributed by atoms with Crippen LogP contribution in [-0.4, -0.2) is 10.1 Å². The maximum absolute atomic E-state index is 10.1. The van der Waals surface area contributed by atoms with E-state index in [9.17, 15) is 5.11 Å². The third kappa shape index (κ3) is 3.82. The van der Waals surface area contributed by atoms with Crippen molar-refractivity contribution in [3.05, 3.63) is 26.9 Å². The second-order valence-electron chi connectivity index (χ2n) is 3.95. The minimum Gasteiger partial charge on any atom is -0.387 e. The first kappa shape index (κ1) is 14.1. The number of hydrogen-bond acceptors (Lipinski definition) is 2. The van der Waals surface area contributed by atoms with Crippen LogP contribution in [0, 0.1) is 5.92 Å². The Kier molecular flexibility index (Phi) is 5.94. The lowest BCUT2D eigenvalue weighted by Crippen LogP contribution is -2.08. The summed E-state index contributed by atoms with van der Waals surface area (Å²) in [5.74, 6) is 0.562. The van der Waals surface area contributed by atoms with Gasteiger partial charge in [-0.05, 0) is 50.3 Å². The molecule has 4 heteroatoms. The van der Waals surface area contributed by atoms with Crippen LogP contribution in [0.3, 0.4) is 0 Å². The Morgan fingerprint density at radius 1 is 1.31 bits per heavy atom. The van der Waals surface area contributed by atoms with Crippen molar-refractivity contribution in [2.24, 2.45) is 5.92 Å². The zero-order valence-electron chi connectivity index (χ0n) is 9.58. The van der Waals surface area contributed by atoms with Gasteiger partial charge in [-0.1, -0.05) is 26.7 Å². The molecule has 0 radical (unpaired) electrons. The minimum absolute atomic E-state index is 0.479. The van der Waals surface area contributed by atoms with Crippen LogP contribution in [-0.2, 0) is 0 Å². The highest BCUT2D eigenvalue weighted by molar-refractivity contribution is 9.11. The van der Waals surface area contributed by atoms with Gasteiger partial charge in [0.05, 0.1) is 11.8 Å². The maximum atomic E-state index is 10.1. The molecule has 1 unspecified atom stereocenters. The van der Waals surface area contributed by atoms with Crippen LogP contribution in [0.25, 0.3) is 0 Å². The van der Waals surface area contributed by atoms with Crippen molar-refractivity contribution in [1.29, 1.82) is 0 Å². The summed E-state index contributed by atoms with van der Waals surface area (Å²) in [6.45, 7) is 4.32. The quantitative estimate of drug-likeness (QED) is 0.849. The van der Waals surface area contributed by atoms with Crippen molar-refractivity contribution >= 4 is 31.9 Å². The number of aromatic nitrogens is 1. The summed E-state index contributed by atoms with van der Waals surface area (Å²) in [6, 6.07) is 1.92. The Balaban J connectivity index is 2.76. The lowest BCUT2D eigenvalue weighted by Gasteiger charge is -2.17. The molecular formula is C12H17Br2NO. The Bertz CT molecular complexity index is 340. The molecule has 0 bridgehead atoms. The number of rotatable bonds is 5. The van der Waals surface area contributed by atoms with E-state index in [1.54, 1.807) is 6.20 Å². The predicted octanol–water partition coefficient (Wildman–Crippen LogP) is 4.47. The number of nitrogens with zero attached hydrogens (tertiary/aromatic N) is 1. The summed E-state index contributed by atoms with van der Waals surface area (Å²) in [5, 5.41) is 10.1. The summed E-state index contributed by atoms with van der Waals surface area (Å²) in [4.78, 5) is 4.26. The van der Waals surface area contributed by atoms with Gasteiger partial charge < -0.3 is 5.11 Å². The molecule has 0 aliphatic heterocycles. The average Bonchev–Trinajstić information content (AvgIpc) is 2.25. The van der Waals surface area contributed by atoms with E-state index in [-0.39, 0.29) is 0 Å². The van der Waals surface area contributed by atoms with Crippen molar-refractivity contribution in [1.82, 2.24) is 4.98 Å². The first-order chi connectivity index (χ1) is 7.58. The summed E-state index contributed by atoms with van der Waals surface area (Å²) < 4.78 is 1.78. The maximum Gasteiger partial charge on any atom is 0.0973 e. The average molecular weight is 351 g/mol. The summed E-state index contributed by atoms with van der Waals surface area (Å²) in [6.07, 6.45) is 4.22. The molecule has 0 saturated carbocycles. The van der Waals surface area contributed by atoms with Crippen LogP contribution in [0.4, 0.5) is 0 Å². The Morgan fingerprint density at radius 2 is 1.94 bits per heavy atom. The third-order valence-electron chi connectivity index (χ3n) is 2.86. The highest BCUT2D eigenvalue weighted by Crippen LogP contribution is 2.29. The van der Waals surface area contributed by atoms with Crippen LogP contribution in [0.2, 0.25) is 0 Å². The van der Waals surface area contributed by atoms with Gasteiger partial charge in [0.1, 0.15) is 0 Å². The van der Waals surface area contributed by atoms with Gasteiger partial charge in [0.25, 0.3) is 0 Å². The van der Waals surface area contributed by atoms with Crippen LogP contribution in [0.1, 0.15) is 44.9 Å². The molecule has 0 fully saturated rings. The van der Waals surface area contributed by atoms with Crippen LogP contribution >= 0.6 is 31.9 Å². The van der Waals surface area contributed by atoms with E-state index in [0.717, 1.165) is 33.9 Å². The molecule has 16 heavy (non-hydrogen) atoms. The SMILES string of the molecule is CCC(CC)CC(O)c1ncc(Br)cc1Br. The fourth-order valence-electron chi connectivity index (χ4n) is 1.72. The number of halogens is 2. The van der Waals surface area contributed by atoms with E-state index < -0.39 is 6.10 Å². The Hall–Kier alpha value is 0.0700. The lowest BCUT2D eigenvalue weighted by atomic mass is 9.95. The summed E-state index contributed by atoms with van der Waals surface area (Å²) in [7, 11) is 0. The van der Waals surface area contributed by atoms with Gasteiger partial charge in [-0.25, -0.2) is 0 Å². The highest BCUT2D eigenvalue weighted by atomic mass is 79.9. The monoisotopic (exact) mass is 349 g/mol. The van der Waals surface area contributed by atoms with Crippen molar-refractivity contribution in [3.8, 4) is 0 Å². The molecule has 1 atom stereocenters. The second kappa shape index (κ2) is 6.72. The zero-order valence-corrected chi connectivity index (χ0v) is 12.8. The molecule has 0 aliphatic rings. The molecule has 0 aliphatic carbocycles. The topological polar surface area (TPSA) is 33.1 Å². The molecule has 1 N–H and O–H groups in total. The van der Waals surface area contributed by atoms with E-state index in [1.807, 2.05) is 6.07 Å². The van der Waals surface area contributed by atoms with Gasteiger partial charge in [0, 0.05) is 15.1 Å². The minimum atomic E-state index is -0.479. The van der Waals surface area contributed by atoms with Crippen LogP contribution in [0.15, 0.2) is 21.2 Å². The zero-order chi connectivity index (χ0) is 12.1. The van der Waals surface area contributed by atoms with E-state index in [2.05, 4.69) is 50.7 Å². The highest BCUT2D eigenvalue weighted by Gasteiger charge is 2.17. The third-order valence-corrected chi connectivity index (χ3v) is 3.93. The van der Waals surface area contributed by atoms with E-state index >= 15 is 0 Å². The normalized spacial score (nSPS) is 13.1.